The Morgan fingerprint density at radius 2 is 1.90 bits per heavy atom. The van der Waals surface area contributed by atoms with E-state index in [4.69, 9.17) is 4.74 Å². The minimum absolute atomic E-state index is 0.0802. The van der Waals surface area contributed by atoms with Crippen LogP contribution in [-0.2, 0) is 4.79 Å². The quantitative estimate of drug-likeness (QED) is 0.501. The monoisotopic (exact) mass is 428 g/mol. The average molecular weight is 429 g/mol. The normalized spacial score (nSPS) is 12.1. The van der Waals surface area contributed by atoms with Crippen LogP contribution >= 0.6 is 11.8 Å². The fourth-order valence-electron chi connectivity index (χ4n) is 2.97. The minimum Gasteiger partial charge on any atom is -0.483 e. The van der Waals surface area contributed by atoms with Crippen molar-refractivity contribution in [1.29, 1.82) is 0 Å². The lowest BCUT2D eigenvalue weighted by atomic mass is 10.2. The van der Waals surface area contributed by atoms with Gasteiger partial charge in [0.05, 0.1) is 5.75 Å². The molecule has 1 unspecified atom stereocenters. The van der Waals surface area contributed by atoms with E-state index in [-0.39, 0.29) is 29.6 Å². The molecule has 3 rings (SSSR count). The molecular weight excluding hydrogens is 403 g/mol. The number of benzene rings is 2. The molecule has 0 aliphatic carbocycles. The highest BCUT2D eigenvalue weighted by Crippen LogP contribution is 2.27. The first-order valence-electron chi connectivity index (χ1n) is 9.70. The Morgan fingerprint density at radius 3 is 2.57 bits per heavy atom. The molecule has 1 aromatic heterocycles. The average Bonchev–Trinajstić information content (AvgIpc) is 3.13. The maximum absolute atomic E-state index is 13.1. The van der Waals surface area contributed by atoms with Crippen molar-refractivity contribution in [3.8, 4) is 5.75 Å². The summed E-state index contributed by atoms with van der Waals surface area (Å²) in [5.41, 5.74) is 1.85. The lowest BCUT2D eigenvalue weighted by Gasteiger charge is -2.18. The molecule has 0 fully saturated rings. The van der Waals surface area contributed by atoms with Crippen LogP contribution < -0.4 is 10.1 Å². The van der Waals surface area contributed by atoms with Gasteiger partial charge in [0.15, 0.2) is 17.1 Å². The predicted octanol–water partition coefficient (Wildman–Crippen LogP) is 5.18. The van der Waals surface area contributed by atoms with Gasteiger partial charge in [0.2, 0.25) is 5.91 Å². The van der Waals surface area contributed by atoms with Gasteiger partial charge in [-0.1, -0.05) is 23.9 Å². The maximum Gasteiger partial charge on any atom is 0.234 e. The zero-order valence-corrected chi connectivity index (χ0v) is 18.2. The van der Waals surface area contributed by atoms with Crippen LogP contribution in [0.25, 0.3) is 0 Å². The Labute approximate surface area is 179 Å². The largest absolute Gasteiger partial charge is 0.483 e. The summed E-state index contributed by atoms with van der Waals surface area (Å²) in [7, 11) is 0. The molecule has 1 atom stereocenters. The highest BCUT2D eigenvalue weighted by molar-refractivity contribution is 7.99. The molecule has 3 aromatic rings. The van der Waals surface area contributed by atoms with Gasteiger partial charge in [0.25, 0.3) is 0 Å². The summed E-state index contributed by atoms with van der Waals surface area (Å²) in [6, 6.07) is 13.6. The number of aryl methyl sites for hydroxylation is 1. The zero-order chi connectivity index (χ0) is 21.7. The Bertz CT molecular complexity index is 1000. The van der Waals surface area contributed by atoms with Crippen molar-refractivity contribution in [2.45, 2.75) is 45.0 Å². The number of carbonyl (C=O) groups excluding carboxylic acids is 1. The Kier molecular flexibility index (Phi) is 7.10. The molecule has 0 spiro atoms. The van der Waals surface area contributed by atoms with Crippen LogP contribution in [0, 0.1) is 12.7 Å². The topological polar surface area (TPSA) is 69.0 Å². The fourth-order valence-corrected chi connectivity index (χ4v) is 3.84. The molecular formula is C22H25FN4O2S. The van der Waals surface area contributed by atoms with E-state index >= 15 is 0 Å². The number of nitrogens with one attached hydrogen (secondary N) is 1. The number of anilines is 1. The van der Waals surface area contributed by atoms with E-state index in [2.05, 4.69) is 15.5 Å². The van der Waals surface area contributed by atoms with Crippen molar-refractivity contribution in [3.05, 3.63) is 65.7 Å². The number of hydrogen-bond donors (Lipinski definition) is 1. The minimum atomic E-state index is -0.388. The number of ether oxygens (including phenoxy) is 1. The maximum atomic E-state index is 13.1. The van der Waals surface area contributed by atoms with Gasteiger partial charge in [0, 0.05) is 11.7 Å². The molecule has 158 valence electrons. The third-order valence-corrected chi connectivity index (χ3v) is 5.27. The molecule has 0 aliphatic rings. The second-order valence-electron chi connectivity index (χ2n) is 7.22. The highest BCUT2D eigenvalue weighted by atomic mass is 32.2. The van der Waals surface area contributed by atoms with Crippen LogP contribution in [0.3, 0.4) is 0 Å². The van der Waals surface area contributed by atoms with E-state index in [0.29, 0.717) is 16.7 Å². The summed E-state index contributed by atoms with van der Waals surface area (Å²) in [5, 5.41) is 12.1. The second-order valence-corrected chi connectivity index (χ2v) is 8.17. The number of aromatic nitrogens is 3. The number of amides is 1. The molecule has 1 amide bonds. The van der Waals surface area contributed by atoms with Crippen LogP contribution in [0.15, 0.2) is 53.7 Å². The van der Waals surface area contributed by atoms with Gasteiger partial charge in [0.1, 0.15) is 11.6 Å². The standard InChI is InChI=1S/C22H25FN4O2S/c1-14(2)27-21(16(4)29-19-10-8-17(23)9-11-19)25-26-22(27)30-13-20(28)24-18-7-5-6-15(3)12-18/h5-12,14,16H,13H2,1-4H3,(H,24,28). The van der Waals surface area contributed by atoms with Gasteiger partial charge >= 0.3 is 0 Å². The van der Waals surface area contributed by atoms with Gasteiger partial charge in [-0.3, -0.25) is 4.79 Å². The van der Waals surface area contributed by atoms with Gasteiger partial charge in [-0.05, 0) is 69.7 Å². The summed E-state index contributed by atoms with van der Waals surface area (Å²) < 4.78 is 21.0. The van der Waals surface area contributed by atoms with Crippen molar-refractivity contribution >= 4 is 23.4 Å². The predicted molar refractivity (Wildman–Crippen MR) is 116 cm³/mol. The molecule has 6 nitrogen and oxygen atoms in total. The van der Waals surface area contributed by atoms with Crippen molar-refractivity contribution in [3.63, 3.8) is 0 Å². The molecule has 0 saturated carbocycles. The first-order chi connectivity index (χ1) is 14.3. The van der Waals surface area contributed by atoms with Gasteiger partial charge < -0.3 is 14.6 Å². The molecule has 1 N–H and O–H groups in total. The molecule has 0 bridgehead atoms. The van der Waals surface area contributed by atoms with Crippen LogP contribution in [0.1, 0.15) is 44.3 Å². The van der Waals surface area contributed by atoms with Crippen LogP contribution in [-0.4, -0.2) is 26.4 Å². The lowest BCUT2D eigenvalue weighted by molar-refractivity contribution is -0.113. The number of halogens is 1. The van der Waals surface area contributed by atoms with E-state index in [9.17, 15) is 9.18 Å². The highest BCUT2D eigenvalue weighted by Gasteiger charge is 2.22. The van der Waals surface area contributed by atoms with Crippen LogP contribution in [0.5, 0.6) is 5.75 Å². The summed E-state index contributed by atoms with van der Waals surface area (Å²) in [4.78, 5) is 12.3. The molecule has 1 heterocycles. The first-order valence-corrected chi connectivity index (χ1v) is 10.7. The zero-order valence-electron chi connectivity index (χ0n) is 17.4. The summed E-state index contributed by atoms with van der Waals surface area (Å²) >= 11 is 1.33. The van der Waals surface area contributed by atoms with Crippen molar-refractivity contribution in [2.75, 3.05) is 11.1 Å². The smallest absolute Gasteiger partial charge is 0.234 e. The summed E-state index contributed by atoms with van der Waals surface area (Å²) in [5.74, 6) is 0.986. The molecule has 0 saturated heterocycles. The van der Waals surface area contributed by atoms with Crippen LogP contribution in [0.4, 0.5) is 10.1 Å². The number of rotatable bonds is 8. The van der Waals surface area contributed by atoms with Gasteiger partial charge in [-0.25, -0.2) is 4.39 Å². The first kappa shape index (κ1) is 21.8. The number of nitrogens with zero attached hydrogens (tertiary/aromatic N) is 3. The Morgan fingerprint density at radius 1 is 1.17 bits per heavy atom. The van der Waals surface area contributed by atoms with E-state index in [0.717, 1.165) is 11.3 Å². The number of carbonyl (C=O) groups is 1. The molecule has 0 aliphatic heterocycles. The third-order valence-electron chi connectivity index (χ3n) is 4.33. The van der Waals surface area contributed by atoms with E-state index in [1.165, 1.54) is 23.9 Å². The fraction of sp³-hybridized carbons (Fsp3) is 0.318. The molecule has 2 aromatic carbocycles. The number of hydrogen-bond acceptors (Lipinski definition) is 5. The van der Waals surface area contributed by atoms with Gasteiger partial charge in [-0.15, -0.1) is 10.2 Å². The lowest BCUT2D eigenvalue weighted by Crippen LogP contribution is -2.16. The van der Waals surface area contributed by atoms with Crippen LogP contribution in [0.2, 0.25) is 0 Å². The van der Waals surface area contributed by atoms with Crippen molar-refractivity contribution in [2.24, 2.45) is 0 Å². The summed E-state index contributed by atoms with van der Waals surface area (Å²) in [6.45, 7) is 7.89. The van der Waals surface area contributed by atoms with E-state index in [1.54, 1.807) is 12.1 Å². The van der Waals surface area contributed by atoms with E-state index < -0.39 is 0 Å². The Balaban J connectivity index is 1.67. The molecule has 30 heavy (non-hydrogen) atoms. The molecule has 8 heteroatoms. The second kappa shape index (κ2) is 9.75. The number of thioether (sulfide) groups is 1. The van der Waals surface area contributed by atoms with E-state index in [1.807, 2.05) is 56.5 Å². The SMILES string of the molecule is Cc1cccc(NC(=O)CSc2nnc(C(C)Oc3ccc(F)cc3)n2C(C)C)c1. The molecule has 0 radical (unpaired) electrons. The van der Waals surface area contributed by atoms with Crippen molar-refractivity contribution in [1.82, 2.24) is 14.8 Å². The van der Waals surface area contributed by atoms with Gasteiger partial charge in [-0.2, -0.15) is 0 Å². The van der Waals surface area contributed by atoms with Crippen molar-refractivity contribution < 1.29 is 13.9 Å². The Hall–Kier alpha value is -2.87. The summed E-state index contributed by atoms with van der Waals surface area (Å²) in [6.07, 6.45) is -0.388. The third kappa shape index (κ3) is 5.60.